The van der Waals surface area contributed by atoms with E-state index in [1.54, 1.807) is 0 Å². The van der Waals surface area contributed by atoms with Crippen LogP contribution in [0, 0.1) is 13.8 Å². The summed E-state index contributed by atoms with van der Waals surface area (Å²) in [5, 5.41) is 12.5. The van der Waals surface area contributed by atoms with Crippen LogP contribution in [0.1, 0.15) is 37.3 Å². The second-order valence-electron chi connectivity index (χ2n) is 6.08. The molecule has 1 fully saturated rings. The first-order valence-corrected chi connectivity index (χ1v) is 7.75. The van der Waals surface area contributed by atoms with Crippen LogP contribution in [0.25, 0.3) is 0 Å². The molecule has 1 aromatic carbocycles. The fourth-order valence-corrected chi connectivity index (χ4v) is 3.06. The highest BCUT2D eigenvalue weighted by Crippen LogP contribution is 2.23. The molecule has 21 heavy (non-hydrogen) atoms. The molecule has 0 saturated carbocycles. The molecule has 0 spiro atoms. The van der Waals surface area contributed by atoms with Crippen molar-refractivity contribution in [3.63, 3.8) is 0 Å². The summed E-state index contributed by atoms with van der Waals surface area (Å²) in [6.45, 7) is 6.67. The van der Waals surface area contributed by atoms with Gasteiger partial charge in [0.2, 0.25) is 5.91 Å². The van der Waals surface area contributed by atoms with Gasteiger partial charge in [0.25, 0.3) is 0 Å². The van der Waals surface area contributed by atoms with E-state index in [0.29, 0.717) is 12.6 Å². The summed E-state index contributed by atoms with van der Waals surface area (Å²) >= 11 is 0. The number of aliphatic hydroxyl groups excluding tert-OH is 1. The van der Waals surface area contributed by atoms with Gasteiger partial charge in [-0.05, 0) is 50.8 Å². The molecule has 4 nitrogen and oxygen atoms in total. The zero-order valence-corrected chi connectivity index (χ0v) is 13.2. The molecule has 4 heteroatoms. The Morgan fingerprint density at radius 2 is 2.14 bits per heavy atom. The van der Waals surface area contributed by atoms with E-state index in [1.807, 2.05) is 32.0 Å². The van der Waals surface area contributed by atoms with E-state index >= 15 is 0 Å². The molecule has 2 N–H and O–H groups in total. The third-order valence-electron chi connectivity index (χ3n) is 4.61. The van der Waals surface area contributed by atoms with Crippen LogP contribution in [-0.2, 0) is 4.79 Å². The number of hydrogen-bond acceptors (Lipinski definition) is 3. The second-order valence-corrected chi connectivity index (χ2v) is 6.08. The van der Waals surface area contributed by atoms with Gasteiger partial charge in [-0.1, -0.05) is 18.6 Å². The molecule has 2 rings (SSSR count). The van der Waals surface area contributed by atoms with Crippen molar-refractivity contribution in [3.05, 3.63) is 29.3 Å². The first-order valence-electron chi connectivity index (χ1n) is 7.75. The molecule has 1 aliphatic rings. The summed E-state index contributed by atoms with van der Waals surface area (Å²) in [5.74, 6) is -0.00380. The van der Waals surface area contributed by atoms with Crippen molar-refractivity contribution in [1.29, 1.82) is 0 Å². The number of nitrogens with zero attached hydrogens (tertiary/aromatic N) is 1. The summed E-state index contributed by atoms with van der Waals surface area (Å²) in [7, 11) is 0. The minimum absolute atomic E-state index is 0.00380. The van der Waals surface area contributed by atoms with Crippen LogP contribution in [0.2, 0.25) is 0 Å². The molecule has 2 atom stereocenters. The lowest BCUT2D eigenvalue weighted by Gasteiger charge is -2.39. The largest absolute Gasteiger partial charge is 0.395 e. The normalized spacial score (nSPS) is 23.0. The highest BCUT2D eigenvalue weighted by Gasteiger charge is 2.28. The van der Waals surface area contributed by atoms with E-state index in [4.69, 9.17) is 0 Å². The molecule has 0 aromatic heterocycles. The van der Waals surface area contributed by atoms with Gasteiger partial charge in [-0.2, -0.15) is 0 Å². The number of anilines is 1. The van der Waals surface area contributed by atoms with E-state index in [0.717, 1.165) is 30.5 Å². The zero-order chi connectivity index (χ0) is 15.4. The number of amides is 1. The number of carbonyl (C=O) groups excluding carboxylic acids is 1. The number of hydrogen-bond donors (Lipinski definition) is 2. The van der Waals surface area contributed by atoms with E-state index in [9.17, 15) is 9.90 Å². The van der Waals surface area contributed by atoms with Crippen LogP contribution in [0.15, 0.2) is 18.2 Å². The van der Waals surface area contributed by atoms with Gasteiger partial charge in [-0.15, -0.1) is 0 Å². The number of aliphatic hydroxyl groups is 1. The van der Waals surface area contributed by atoms with Crippen LogP contribution in [-0.4, -0.2) is 41.1 Å². The van der Waals surface area contributed by atoms with Crippen molar-refractivity contribution in [3.8, 4) is 0 Å². The predicted octanol–water partition coefficient (Wildman–Crippen LogP) is 2.48. The van der Waals surface area contributed by atoms with Gasteiger partial charge in [0.15, 0.2) is 0 Å². The monoisotopic (exact) mass is 290 g/mol. The SMILES string of the molecule is Cc1cccc(NC(=O)CN2C(C)CCCC2CO)c1C. The topological polar surface area (TPSA) is 52.6 Å². The Balaban J connectivity index is 2.02. The van der Waals surface area contributed by atoms with Crippen LogP contribution in [0.3, 0.4) is 0 Å². The van der Waals surface area contributed by atoms with Gasteiger partial charge in [0.1, 0.15) is 0 Å². The minimum Gasteiger partial charge on any atom is -0.395 e. The lowest BCUT2D eigenvalue weighted by molar-refractivity contribution is -0.119. The third kappa shape index (κ3) is 3.83. The molecule has 0 aliphatic carbocycles. The number of rotatable bonds is 4. The Kier molecular flexibility index (Phi) is 5.37. The van der Waals surface area contributed by atoms with Gasteiger partial charge in [-0.25, -0.2) is 0 Å². The maximum absolute atomic E-state index is 12.3. The fraction of sp³-hybridized carbons (Fsp3) is 0.588. The average molecular weight is 290 g/mol. The van der Waals surface area contributed by atoms with Crippen molar-refractivity contribution >= 4 is 11.6 Å². The number of piperidine rings is 1. The molecule has 116 valence electrons. The first-order chi connectivity index (χ1) is 10.0. The van der Waals surface area contributed by atoms with Crippen molar-refractivity contribution < 1.29 is 9.90 Å². The smallest absolute Gasteiger partial charge is 0.238 e. The van der Waals surface area contributed by atoms with Crippen LogP contribution in [0.5, 0.6) is 0 Å². The molecule has 2 unspecified atom stereocenters. The van der Waals surface area contributed by atoms with Gasteiger partial charge in [0.05, 0.1) is 13.2 Å². The Labute approximate surface area is 127 Å². The third-order valence-corrected chi connectivity index (χ3v) is 4.61. The van der Waals surface area contributed by atoms with Gasteiger partial charge in [0, 0.05) is 17.8 Å². The van der Waals surface area contributed by atoms with E-state index < -0.39 is 0 Å². The lowest BCUT2D eigenvalue weighted by atomic mass is 9.97. The van der Waals surface area contributed by atoms with Crippen LogP contribution in [0.4, 0.5) is 5.69 Å². The highest BCUT2D eigenvalue weighted by atomic mass is 16.3. The van der Waals surface area contributed by atoms with Crippen molar-refractivity contribution in [2.75, 3.05) is 18.5 Å². The van der Waals surface area contributed by atoms with Crippen LogP contribution >= 0.6 is 0 Å². The van der Waals surface area contributed by atoms with E-state index in [1.165, 1.54) is 5.56 Å². The quantitative estimate of drug-likeness (QED) is 0.895. The molecule has 1 amide bonds. The Morgan fingerprint density at radius 1 is 1.38 bits per heavy atom. The Morgan fingerprint density at radius 3 is 2.86 bits per heavy atom. The van der Waals surface area contributed by atoms with Crippen LogP contribution < -0.4 is 5.32 Å². The second kappa shape index (κ2) is 7.05. The summed E-state index contributed by atoms with van der Waals surface area (Å²) in [6, 6.07) is 6.39. The molecular formula is C17H26N2O2. The maximum Gasteiger partial charge on any atom is 0.238 e. The van der Waals surface area contributed by atoms with Crippen molar-refractivity contribution in [2.45, 2.75) is 52.1 Å². The molecule has 0 bridgehead atoms. The number of aryl methyl sites for hydroxylation is 1. The fourth-order valence-electron chi connectivity index (χ4n) is 3.06. The molecule has 1 aliphatic heterocycles. The molecule has 0 radical (unpaired) electrons. The maximum atomic E-state index is 12.3. The number of nitrogens with one attached hydrogen (secondary N) is 1. The number of benzene rings is 1. The van der Waals surface area contributed by atoms with Crippen molar-refractivity contribution in [1.82, 2.24) is 4.90 Å². The summed E-state index contributed by atoms with van der Waals surface area (Å²) in [6.07, 6.45) is 3.19. The van der Waals surface area contributed by atoms with E-state index in [-0.39, 0.29) is 18.6 Å². The highest BCUT2D eigenvalue weighted by molar-refractivity contribution is 5.93. The first kappa shape index (κ1) is 16.0. The minimum atomic E-state index is -0.00380. The standard InChI is InChI=1S/C17H26N2O2/c1-12-6-4-9-16(14(12)3)18-17(21)10-19-13(2)7-5-8-15(19)11-20/h4,6,9,13,15,20H,5,7-8,10-11H2,1-3H3,(H,18,21). The zero-order valence-electron chi connectivity index (χ0n) is 13.2. The average Bonchev–Trinajstić information content (AvgIpc) is 2.46. The molecule has 1 saturated heterocycles. The molecular weight excluding hydrogens is 264 g/mol. The molecule has 1 heterocycles. The molecule has 1 aromatic rings. The summed E-state index contributed by atoms with van der Waals surface area (Å²) in [5.41, 5.74) is 3.16. The summed E-state index contributed by atoms with van der Waals surface area (Å²) < 4.78 is 0. The van der Waals surface area contributed by atoms with E-state index in [2.05, 4.69) is 17.1 Å². The Bertz CT molecular complexity index is 502. The lowest BCUT2D eigenvalue weighted by Crippen LogP contribution is -2.50. The van der Waals surface area contributed by atoms with Crippen molar-refractivity contribution in [2.24, 2.45) is 0 Å². The number of likely N-dealkylation sites (tertiary alicyclic amines) is 1. The number of carbonyl (C=O) groups is 1. The summed E-state index contributed by atoms with van der Waals surface area (Å²) in [4.78, 5) is 14.4. The predicted molar refractivity (Wildman–Crippen MR) is 85.4 cm³/mol. The van der Waals surface area contributed by atoms with Gasteiger partial charge >= 0.3 is 0 Å². The van der Waals surface area contributed by atoms with Gasteiger partial charge < -0.3 is 10.4 Å². The van der Waals surface area contributed by atoms with Gasteiger partial charge in [-0.3, -0.25) is 9.69 Å². The Hall–Kier alpha value is -1.39.